The molecule has 2 heterocycles. The molecule has 0 saturated heterocycles. The molecule has 0 fully saturated rings. The van der Waals surface area contributed by atoms with Crippen molar-refractivity contribution in [2.45, 2.75) is 13.3 Å². The van der Waals surface area contributed by atoms with Gasteiger partial charge in [0, 0.05) is 16.3 Å². The predicted molar refractivity (Wildman–Crippen MR) is 120 cm³/mol. The number of aliphatic carboxylic acids is 1. The molecule has 2 N–H and O–H groups in total. The van der Waals surface area contributed by atoms with Gasteiger partial charge in [-0.15, -0.1) is 11.3 Å². The number of carbonyl (C=O) groups is 1. The Morgan fingerprint density at radius 2 is 1.93 bits per heavy atom. The SMILES string of the molecule is CCC(=C(c1csc(C=CC(=O)O)c1)c1ccc2[nH]ncc2c1)c1ccccc1. The number of aromatic amines is 1. The van der Waals surface area contributed by atoms with Gasteiger partial charge in [0.2, 0.25) is 0 Å². The Bertz CT molecular complexity index is 1220. The van der Waals surface area contributed by atoms with Gasteiger partial charge in [-0.1, -0.05) is 43.3 Å². The Balaban J connectivity index is 1.92. The van der Waals surface area contributed by atoms with Crippen LogP contribution in [0.3, 0.4) is 0 Å². The summed E-state index contributed by atoms with van der Waals surface area (Å²) in [5.41, 5.74) is 6.80. The van der Waals surface area contributed by atoms with Crippen LogP contribution in [0.2, 0.25) is 0 Å². The number of benzene rings is 2. The van der Waals surface area contributed by atoms with E-state index in [0.717, 1.165) is 38.9 Å². The fraction of sp³-hybridized carbons (Fsp3) is 0.0833. The summed E-state index contributed by atoms with van der Waals surface area (Å²) in [6.45, 7) is 2.16. The summed E-state index contributed by atoms with van der Waals surface area (Å²) >= 11 is 1.54. The van der Waals surface area contributed by atoms with E-state index in [2.05, 4.69) is 65.0 Å². The van der Waals surface area contributed by atoms with E-state index in [1.54, 1.807) is 17.4 Å². The zero-order valence-corrected chi connectivity index (χ0v) is 16.7. The minimum absolute atomic E-state index is 0.874. The molecule has 0 aliphatic carbocycles. The summed E-state index contributed by atoms with van der Waals surface area (Å²) in [5, 5.41) is 19.2. The van der Waals surface area contributed by atoms with Crippen molar-refractivity contribution in [3.63, 3.8) is 0 Å². The van der Waals surface area contributed by atoms with Gasteiger partial charge in [0.15, 0.2) is 0 Å². The van der Waals surface area contributed by atoms with Gasteiger partial charge in [-0.2, -0.15) is 5.10 Å². The van der Waals surface area contributed by atoms with Gasteiger partial charge in [0.1, 0.15) is 0 Å². The molecule has 2 aromatic heterocycles. The monoisotopic (exact) mass is 400 g/mol. The summed E-state index contributed by atoms with van der Waals surface area (Å²) in [6, 6.07) is 18.8. The third-order valence-electron chi connectivity index (χ3n) is 4.81. The Labute approximate surface area is 172 Å². The first-order valence-corrected chi connectivity index (χ1v) is 10.3. The van der Waals surface area contributed by atoms with Crippen molar-refractivity contribution in [1.29, 1.82) is 0 Å². The summed E-state index contributed by atoms with van der Waals surface area (Å²) in [5.74, 6) is -0.945. The van der Waals surface area contributed by atoms with Crippen LogP contribution in [0.1, 0.15) is 34.9 Å². The summed E-state index contributed by atoms with van der Waals surface area (Å²) in [4.78, 5) is 11.8. The lowest BCUT2D eigenvalue weighted by molar-refractivity contribution is -0.131. The lowest BCUT2D eigenvalue weighted by Crippen LogP contribution is -1.94. The van der Waals surface area contributed by atoms with Gasteiger partial charge in [-0.05, 0) is 63.9 Å². The first kappa shape index (κ1) is 18.9. The molecule has 0 radical (unpaired) electrons. The van der Waals surface area contributed by atoms with Gasteiger partial charge in [0.05, 0.1) is 11.7 Å². The van der Waals surface area contributed by atoms with Crippen LogP contribution in [0.4, 0.5) is 0 Å². The third-order valence-corrected chi connectivity index (χ3v) is 5.70. The Morgan fingerprint density at radius 3 is 2.69 bits per heavy atom. The molecule has 0 unspecified atom stereocenters. The number of fused-ring (bicyclic) bond motifs is 1. The second-order valence-corrected chi connectivity index (χ2v) is 7.60. The van der Waals surface area contributed by atoms with E-state index in [0.29, 0.717) is 0 Å². The number of carboxylic acid groups (broad SMARTS) is 1. The molecule has 4 rings (SSSR count). The molecule has 0 amide bonds. The predicted octanol–water partition coefficient (Wildman–Crippen LogP) is 6.09. The first-order chi connectivity index (χ1) is 14.2. The minimum atomic E-state index is -0.945. The average molecular weight is 401 g/mol. The highest BCUT2D eigenvalue weighted by molar-refractivity contribution is 7.11. The number of nitrogens with one attached hydrogen (secondary N) is 1. The molecule has 0 spiro atoms. The topological polar surface area (TPSA) is 66.0 Å². The number of thiophene rings is 1. The maximum Gasteiger partial charge on any atom is 0.328 e. The van der Waals surface area contributed by atoms with Gasteiger partial charge < -0.3 is 5.11 Å². The molecule has 5 heteroatoms. The van der Waals surface area contributed by atoms with Crippen LogP contribution in [0, 0.1) is 0 Å². The number of H-pyrrole nitrogens is 1. The lowest BCUT2D eigenvalue weighted by atomic mass is 9.89. The molecule has 0 atom stereocenters. The van der Waals surface area contributed by atoms with Crippen LogP contribution in [-0.2, 0) is 4.79 Å². The standard InChI is InChI=1S/C24H20N2O2S/c1-2-21(16-6-4-3-5-7-16)24(17-8-10-22-18(12-17)14-25-26-22)19-13-20(29-15-19)9-11-23(27)28/h3-15H,2H2,1H3,(H,25,26)(H,27,28). The number of aromatic nitrogens is 2. The van der Waals surface area contributed by atoms with Crippen molar-refractivity contribution in [2.75, 3.05) is 0 Å². The maximum absolute atomic E-state index is 10.9. The molecular formula is C24H20N2O2S. The molecule has 29 heavy (non-hydrogen) atoms. The molecule has 0 aliphatic rings. The third kappa shape index (κ3) is 4.05. The molecule has 2 aromatic carbocycles. The highest BCUT2D eigenvalue weighted by Gasteiger charge is 2.15. The van der Waals surface area contributed by atoms with E-state index in [1.807, 2.05) is 18.3 Å². The number of carboxylic acids is 1. The van der Waals surface area contributed by atoms with Crippen LogP contribution in [-0.4, -0.2) is 21.3 Å². The van der Waals surface area contributed by atoms with Crippen molar-refractivity contribution in [2.24, 2.45) is 0 Å². The van der Waals surface area contributed by atoms with E-state index in [9.17, 15) is 4.79 Å². The van der Waals surface area contributed by atoms with Crippen LogP contribution in [0.25, 0.3) is 28.1 Å². The van der Waals surface area contributed by atoms with Gasteiger partial charge in [0.25, 0.3) is 0 Å². The molecule has 0 saturated carbocycles. The van der Waals surface area contributed by atoms with Crippen molar-refractivity contribution in [3.8, 4) is 0 Å². The van der Waals surface area contributed by atoms with E-state index < -0.39 is 5.97 Å². The number of hydrogen-bond donors (Lipinski definition) is 2. The number of rotatable bonds is 6. The Kier molecular flexibility index (Phi) is 5.40. The number of allylic oxidation sites excluding steroid dienone is 1. The van der Waals surface area contributed by atoms with E-state index in [-0.39, 0.29) is 0 Å². The van der Waals surface area contributed by atoms with Crippen molar-refractivity contribution < 1.29 is 9.90 Å². The van der Waals surface area contributed by atoms with Crippen LogP contribution in [0.5, 0.6) is 0 Å². The Morgan fingerprint density at radius 1 is 1.10 bits per heavy atom. The first-order valence-electron chi connectivity index (χ1n) is 9.37. The molecule has 4 nitrogen and oxygen atoms in total. The van der Waals surface area contributed by atoms with Gasteiger partial charge >= 0.3 is 5.97 Å². The highest BCUT2D eigenvalue weighted by Crippen LogP contribution is 2.37. The number of hydrogen-bond acceptors (Lipinski definition) is 3. The van der Waals surface area contributed by atoms with Crippen LogP contribution in [0.15, 0.2) is 72.3 Å². The van der Waals surface area contributed by atoms with Crippen molar-refractivity contribution in [3.05, 3.63) is 93.8 Å². The van der Waals surface area contributed by atoms with E-state index in [4.69, 9.17) is 5.11 Å². The normalized spacial score (nSPS) is 12.4. The maximum atomic E-state index is 10.9. The highest BCUT2D eigenvalue weighted by atomic mass is 32.1. The zero-order valence-electron chi connectivity index (χ0n) is 15.9. The number of nitrogens with zero attached hydrogens (tertiary/aromatic N) is 1. The van der Waals surface area contributed by atoms with Crippen molar-refractivity contribution >= 4 is 45.4 Å². The zero-order chi connectivity index (χ0) is 20.2. The van der Waals surface area contributed by atoms with Gasteiger partial charge in [-0.3, -0.25) is 5.10 Å². The fourth-order valence-corrected chi connectivity index (χ4v) is 4.29. The quantitative estimate of drug-likeness (QED) is 0.304. The van der Waals surface area contributed by atoms with Crippen molar-refractivity contribution in [1.82, 2.24) is 10.2 Å². The molecular weight excluding hydrogens is 380 g/mol. The smallest absolute Gasteiger partial charge is 0.328 e. The Hall–Kier alpha value is -3.44. The largest absolute Gasteiger partial charge is 0.478 e. The van der Waals surface area contributed by atoms with Crippen LogP contribution >= 0.6 is 11.3 Å². The van der Waals surface area contributed by atoms with E-state index in [1.165, 1.54) is 17.2 Å². The molecule has 0 aliphatic heterocycles. The second kappa shape index (κ2) is 8.29. The summed E-state index contributed by atoms with van der Waals surface area (Å²) in [7, 11) is 0. The summed E-state index contributed by atoms with van der Waals surface area (Å²) < 4.78 is 0. The minimum Gasteiger partial charge on any atom is -0.478 e. The molecule has 0 bridgehead atoms. The molecule has 144 valence electrons. The summed E-state index contributed by atoms with van der Waals surface area (Å²) in [6.07, 6.45) is 5.52. The average Bonchev–Trinajstić information content (AvgIpc) is 3.40. The van der Waals surface area contributed by atoms with Gasteiger partial charge in [-0.25, -0.2) is 4.79 Å². The molecule has 4 aromatic rings. The lowest BCUT2D eigenvalue weighted by Gasteiger charge is -2.15. The van der Waals surface area contributed by atoms with E-state index >= 15 is 0 Å². The second-order valence-electron chi connectivity index (χ2n) is 6.65. The fourth-order valence-electron chi connectivity index (χ4n) is 3.50. The van der Waals surface area contributed by atoms with Crippen LogP contribution < -0.4 is 0 Å².